The summed E-state index contributed by atoms with van der Waals surface area (Å²) in [6.45, 7) is 2.13. The van der Waals surface area contributed by atoms with E-state index < -0.39 is 8.26 Å². The molecule has 0 bridgehead atoms. The highest BCUT2D eigenvalue weighted by atomic mass is 79.9. The van der Waals surface area contributed by atoms with E-state index in [1.165, 1.54) is 6.42 Å². The number of hydrogen-bond acceptors (Lipinski definition) is 2. The predicted octanol–water partition coefficient (Wildman–Crippen LogP) is 2.50. The minimum Gasteiger partial charge on any atom is -0.195 e. The minimum atomic E-state index is -3.72. The molecule has 0 aromatic carbocycles. The van der Waals surface area contributed by atoms with Crippen LogP contribution in [0.5, 0.6) is 0 Å². The highest BCUT2D eigenvalue weighted by Crippen LogP contribution is 1.98. The van der Waals surface area contributed by atoms with Crippen LogP contribution in [0.3, 0.4) is 0 Å². The second-order valence-corrected chi connectivity index (χ2v) is 5.53. The Labute approximate surface area is 72.6 Å². The van der Waals surface area contributed by atoms with E-state index in [0.717, 1.165) is 5.33 Å². The average molecular weight is 258 g/mol. The van der Waals surface area contributed by atoms with E-state index in [1.807, 2.05) is 0 Å². The summed E-state index contributed by atoms with van der Waals surface area (Å²) in [7, 11) is 4.81. The number of hydrogen-bond donors (Lipinski definition) is 0. The lowest BCUT2D eigenvalue weighted by Crippen LogP contribution is -1.63. The van der Waals surface area contributed by atoms with Gasteiger partial charge < -0.3 is 0 Å². The molecule has 0 aliphatic heterocycles. The molecule has 0 N–H and O–H groups in total. The van der Waals surface area contributed by atoms with Crippen LogP contribution in [-0.2, 0) is 8.26 Å². The predicted molar refractivity (Wildman–Crippen MR) is 44.7 cm³/mol. The van der Waals surface area contributed by atoms with Gasteiger partial charge in [0.15, 0.2) is 0 Å². The van der Waals surface area contributed by atoms with E-state index >= 15 is 0 Å². The average Bonchev–Trinajstić information content (AvgIpc) is 1.61. The lowest BCUT2D eigenvalue weighted by molar-refractivity contribution is 0.621. The van der Waals surface area contributed by atoms with Crippen molar-refractivity contribution in [1.82, 2.24) is 0 Å². The summed E-state index contributed by atoms with van der Waals surface area (Å²) in [5.41, 5.74) is 0. The Kier molecular flexibility index (Phi) is 10.0. The summed E-state index contributed by atoms with van der Waals surface area (Å²) in [5, 5.41) is 1.13. The van der Waals surface area contributed by atoms with Gasteiger partial charge in [0.25, 0.3) is 0 Å². The number of rotatable bonds is 1. The molecule has 2 nitrogen and oxygen atoms in total. The van der Waals surface area contributed by atoms with Gasteiger partial charge in [0.1, 0.15) is 0 Å². The van der Waals surface area contributed by atoms with Crippen molar-refractivity contribution in [2.24, 2.45) is 0 Å². The smallest absolute Gasteiger partial charge is 0.195 e. The summed E-state index contributed by atoms with van der Waals surface area (Å²) in [6.07, 6.45) is 1.24. The van der Waals surface area contributed by atoms with Crippen LogP contribution in [0.15, 0.2) is 0 Å². The van der Waals surface area contributed by atoms with Crippen molar-refractivity contribution in [2.45, 2.75) is 13.3 Å². The third kappa shape index (κ3) is 110. The van der Waals surface area contributed by atoms with Crippen LogP contribution in [0.2, 0.25) is 0 Å². The molecule has 0 heterocycles. The van der Waals surface area contributed by atoms with E-state index in [4.69, 9.17) is 8.42 Å². The molecule has 0 amide bonds. The molecule has 0 rings (SSSR count). The molecule has 9 heavy (non-hydrogen) atoms. The molecule has 0 unspecified atom stereocenters. The Bertz CT molecular complexity index is 123. The maximum absolute atomic E-state index is 9.16. The van der Waals surface area contributed by atoms with Gasteiger partial charge in [-0.25, -0.2) is 0 Å². The Morgan fingerprint density at radius 3 is 1.56 bits per heavy atom. The quantitative estimate of drug-likeness (QED) is 0.534. The SMILES string of the molecule is CCCBr.O=S(=O)(Cl)Cl. The summed E-state index contributed by atoms with van der Waals surface area (Å²) in [6, 6.07) is 0. The summed E-state index contributed by atoms with van der Waals surface area (Å²) in [5.74, 6) is 0. The summed E-state index contributed by atoms with van der Waals surface area (Å²) < 4.78 is 18.3. The first-order valence-electron chi connectivity index (χ1n) is 2.12. The van der Waals surface area contributed by atoms with Gasteiger partial charge in [0, 0.05) is 26.7 Å². The Hall–Kier alpha value is 1.01. The second-order valence-electron chi connectivity index (χ2n) is 1.07. The van der Waals surface area contributed by atoms with Crippen LogP contribution in [0.25, 0.3) is 0 Å². The fraction of sp³-hybridized carbons (Fsp3) is 1.00. The van der Waals surface area contributed by atoms with Crippen molar-refractivity contribution < 1.29 is 8.42 Å². The molecule has 0 aromatic heterocycles. The van der Waals surface area contributed by atoms with E-state index in [9.17, 15) is 0 Å². The molecular formula is C3H7BrCl2O2S. The molecule has 0 fully saturated rings. The van der Waals surface area contributed by atoms with Gasteiger partial charge in [-0.05, 0) is 6.42 Å². The first-order valence-corrected chi connectivity index (χ1v) is 6.37. The first-order chi connectivity index (χ1) is 3.91. The van der Waals surface area contributed by atoms with E-state index in [1.54, 1.807) is 0 Å². The van der Waals surface area contributed by atoms with Crippen LogP contribution < -0.4 is 0 Å². The molecule has 0 aliphatic carbocycles. The van der Waals surface area contributed by atoms with Crippen LogP contribution in [-0.4, -0.2) is 13.7 Å². The Morgan fingerprint density at radius 1 is 1.44 bits per heavy atom. The summed E-state index contributed by atoms with van der Waals surface area (Å²) in [4.78, 5) is 0. The van der Waals surface area contributed by atoms with Crippen molar-refractivity contribution >= 4 is 45.6 Å². The highest BCUT2D eigenvalue weighted by molar-refractivity contribution is 9.09. The van der Waals surface area contributed by atoms with Crippen LogP contribution >= 0.6 is 37.3 Å². The van der Waals surface area contributed by atoms with Crippen molar-refractivity contribution in [1.29, 1.82) is 0 Å². The molecule has 0 atom stereocenters. The molecular weight excluding hydrogens is 251 g/mol. The van der Waals surface area contributed by atoms with Crippen molar-refractivity contribution in [3.63, 3.8) is 0 Å². The van der Waals surface area contributed by atoms with Gasteiger partial charge in [-0.2, -0.15) is 8.42 Å². The van der Waals surface area contributed by atoms with E-state index in [0.29, 0.717) is 0 Å². The minimum absolute atomic E-state index is 1.13. The zero-order valence-corrected chi connectivity index (χ0v) is 8.69. The molecule has 6 heteroatoms. The van der Waals surface area contributed by atoms with Crippen molar-refractivity contribution in [3.05, 3.63) is 0 Å². The molecule has 0 aromatic rings. The Balaban J connectivity index is 0. The molecule has 0 radical (unpaired) electrons. The van der Waals surface area contributed by atoms with Crippen molar-refractivity contribution in [2.75, 3.05) is 5.33 Å². The van der Waals surface area contributed by atoms with Crippen LogP contribution in [0.4, 0.5) is 0 Å². The second kappa shape index (κ2) is 7.12. The molecule has 58 valence electrons. The van der Waals surface area contributed by atoms with Gasteiger partial charge in [-0.1, -0.05) is 22.9 Å². The Morgan fingerprint density at radius 2 is 1.56 bits per heavy atom. The van der Waals surface area contributed by atoms with E-state index in [2.05, 4.69) is 44.2 Å². The standard InChI is InChI=1S/C3H7Br.Cl2O2S/c1-2-3-4;1-5(2,3)4/h2-3H2,1H3;. The maximum atomic E-state index is 9.16. The number of alkyl halides is 1. The molecule has 0 saturated carbocycles. The van der Waals surface area contributed by atoms with Gasteiger partial charge in [-0.3, -0.25) is 0 Å². The lowest BCUT2D eigenvalue weighted by atomic mass is 10.6. The summed E-state index contributed by atoms with van der Waals surface area (Å²) >= 11 is 3.25. The third-order valence-corrected chi connectivity index (χ3v) is 0.982. The lowest BCUT2D eigenvalue weighted by Gasteiger charge is -1.66. The zero-order chi connectivity index (χ0) is 7.91. The van der Waals surface area contributed by atoms with Crippen LogP contribution in [0.1, 0.15) is 13.3 Å². The van der Waals surface area contributed by atoms with Gasteiger partial charge in [0.2, 0.25) is 0 Å². The van der Waals surface area contributed by atoms with Gasteiger partial charge in [-0.15, -0.1) is 0 Å². The molecule has 0 aliphatic rings. The normalized spacial score (nSPS) is 9.78. The maximum Gasteiger partial charge on any atom is 0.317 e. The fourth-order valence-corrected chi connectivity index (χ4v) is 0. The van der Waals surface area contributed by atoms with Crippen molar-refractivity contribution in [3.8, 4) is 0 Å². The molecule has 0 spiro atoms. The van der Waals surface area contributed by atoms with Gasteiger partial charge >= 0.3 is 8.26 Å². The van der Waals surface area contributed by atoms with E-state index in [-0.39, 0.29) is 0 Å². The molecule has 0 saturated heterocycles. The van der Waals surface area contributed by atoms with Gasteiger partial charge in [0.05, 0.1) is 0 Å². The van der Waals surface area contributed by atoms with Crippen LogP contribution in [0, 0.1) is 0 Å². The third-order valence-electron chi connectivity index (χ3n) is 0.189. The first kappa shape index (κ1) is 12.7. The topological polar surface area (TPSA) is 34.1 Å². The largest absolute Gasteiger partial charge is 0.317 e. The highest BCUT2D eigenvalue weighted by Gasteiger charge is 1.88. The zero-order valence-electron chi connectivity index (χ0n) is 4.77. The number of halogens is 3. The fourth-order valence-electron chi connectivity index (χ4n) is 0. The monoisotopic (exact) mass is 256 g/mol.